The molecule has 2 aromatic heterocycles. The second kappa shape index (κ2) is 8.65. The predicted molar refractivity (Wildman–Crippen MR) is 115 cm³/mol. The van der Waals surface area contributed by atoms with E-state index in [-0.39, 0.29) is 23.2 Å². The van der Waals surface area contributed by atoms with E-state index in [4.69, 9.17) is 9.47 Å². The van der Waals surface area contributed by atoms with E-state index in [0.29, 0.717) is 29.9 Å². The molecule has 0 bridgehead atoms. The fourth-order valence-corrected chi connectivity index (χ4v) is 4.73. The van der Waals surface area contributed by atoms with Crippen molar-refractivity contribution < 1.29 is 14.3 Å². The zero-order valence-electron chi connectivity index (χ0n) is 17.4. The van der Waals surface area contributed by atoms with Gasteiger partial charge in [-0.3, -0.25) is 4.79 Å². The summed E-state index contributed by atoms with van der Waals surface area (Å²) in [4.78, 5) is 26.0. The smallest absolute Gasteiger partial charge is 0.230 e. The summed E-state index contributed by atoms with van der Waals surface area (Å²) >= 11 is 1.45. The van der Waals surface area contributed by atoms with Gasteiger partial charge in [-0.25, -0.2) is 15.0 Å². The van der Waals surface area contributed by atoms with Crippen LogP contribution in [0.3, 0.4) is 0 Å². The minimum absolute atomic E-state index is 0.00757. The van der Waals surface area contributed by atoms with E-state index < -0.39 is 0 Å². The highest BCUT2D eigenvalue weighted by molar-refractivity contribution is 7.13. The Bertz CT molecular complexity index is 987. The molecule has 7 nitrogen and oxygen atoms in total. The van der Waals surface area contributed by atoms with Gasteiger partial charge < -0.3 is 14.8 Å². The number of hydrogen-bond donors (Lipinski definition) is 1. The van der Waals surface area contributed by atoms with Gasteiger partial charge in [0.25, 0.3) is 0 Å². The molecule has 158 valence electrons. The van der Waals surface area contributed by atoms with Gasteiger partial charge in [0.15, 0.2) is 10.9 Å². The number of carbonyl (C=O) groups excluding carboxylic acids is 1. The molecule has 2 aliphatic rings. The molecule has 0 saturated heterocycles. The first kappa shape index (κ1) is 20.7. The molecule has 0 aromatic carbocycles. The van der Waals surface area contributed by atoms with Gasteiger partial charge in [-0.1, -0.05) is 24.3 Å². The lowest BCUT2D eigenvalue weighted by molar-refractivity contribution is -0.118. The van der Waals surface area contributed by atoms with Crippen molar-refractivity contribution in [1.82, 2.24) is 15.0 Å². The first-order valence-electron chi connectivity index (χ1n) is 10.0. The summed E-state index contributed by atoms with van der Waals surface area (Å²) in [5, 5.41) is 5.56. The Hall–Kier alpha value is -2.58. The van der Waals surface area contributed by atoms with Gasteiger partial charge in [0.05, 0.1) is 25.1 Å². The molecule has 1 N–H and O–H groups in total. The highest BCUT2D eigenvalue weighted by Gasteiger charge is 2.62. The maximum absolute atomic E-state index is 13.0. The second-order valence-corrected chi connectivity index (χ2v) is 8.74. The molecule has 1 unspecified atom stereocenters. The Balaban J connectivity index is 1.51. The van der Waals surface area contributed by atoms with Crippen LogP contribution in [0.15, 0.2) is 35.9 Å². The summed E-state index contributed by atoms with van der Waals surface area (Å²) in [5.74, 6) is 1.41. The molecule has 4 rings (SSSR count). The third-order valence-corrected chi connectivity index (χ3v) is 6.61. The predicted octanol–water partition coefficient (Wildman–Crippen LogP) is 3.85. The molecule has 2 aromatic rings. The molecule has 2 heterocycles. The van der Waals surface area contributed by atoms with Crippen LogP contribution in [0.2, 0.25) is 0 Å². The van der Waals surface area contributed by atoms with E-state index in [1.165, 1.54) is 11.3 Å². The maximum atomic E-state index is 13.0. The zero-order valence-corrected chi connectivity index (χ0v) is 18.2. The standard InChI is InChI=1S/C22H26N4O3S/c1-14-12-30-21(24-14)26-20(27)17-9-22(17,16-7-5-4-6-8-16)13-29-19-10-23-15(2)25-18(19)11-28-3/h4-7,10,12,16-17H,8-9,11,13H2,1-3H3,(H,24,26,27)/t16?,17-,22+/m0/s1. The minimum atomic E-state index is -0.257. The summed E-state index contributed by atoms with van der Waals surface area (Å²) in [7, 11) is 1.63. The van der Waals surface area contributed by atoms with Crippen molar-refractivity contribution in [2.24, 2.45) is 17.3 Å². The fourth-order valence-electron chi connectivity index (χ4n) is 4.04. The Labute approximate surface area is 180 Å². The average molecular weight is 427 g/mol. The molecule has 1 amide bonds. The van der Waals surface area contributed by atoms with Gasteiger partial charge >= 0.3 is 0 Å². The molecular weight excluding hydrogens is 400 g/mol. The largest absolute Gasteiger partial charge is 0.489 e. The van der Waals surface area contributed by atoms with Crippen molar-refractivity contribution in [1.29, 1.82) is 0 Å². The van der Waals surface area contributed by atoms with E-state index in [1.807, 2.05) is 25.3 Å². The van der Waals surface area contributed by atoms with Crippen LogP contribution in [0, 0.1) is 31.1 Å². The molecule has 3 atom stereocenters. The number of ether oxygens (including phenoxy) is 2. The van der Waals surface area contributed by atoms with E-state index >= 15 is 0 Å². The number of amides is 1. The molecule has 8 heteroatoms. The third-order valence-electron chi connectivity index (χ3n) is 5.73. The van der Waals surface area contributed by atoms with Gasteiger partial charge in [0.1, 0.15) is 11.5 Å². The van der Waals surface area contributed by atoms with E-state index in [9.17, 15) is 4.79 Å². The number of aryl methyl sites for hydroxylation is 2. The number of aromatic nitrogens is 3. The van der Waals surface area contributed by atoms with Crippen LogP contribution < -0.4 is 10.1 Å². The monoisotopic (exact) mass is 426 g/mol. The van der Waals surface area contributed by atoms with Crippen LogP contribution in [-0.2, 0) is 16.1 Å². The Morgan fingerprint density at radius 1 is 1.33 bits per heavy atom. The highest BCUT2D eigenvalue weighted by Crippen LogP contribution is 2.60. The molecule has 0 radical (unpaired) electrons. The van der Waals surface area contributed by atoms with E-state index in [1.54, 1.807) is 13.3 Å². The number of nitrogens with one attached hydrogen (secondary N) is 1. The lowest BCUT2D eigenvalue weighted by atomic mass is 9.82. The number of anilines is 1. The Morgan fingerprint density at radius 3 is 2.90 bits per heavy atom. The minimum Gasteiger partial charge on any atom is -0.489 e. The molecule has 0 aliphatic heterocycles. The maximum Gasteiger partial charge on any atom is 0.230 e. The number of allylic oxidation sites excluding steroid dienone is 4. The SMILES string of the molecule is COCc1nc(C)ncc1OC[C@@]1(C2C=CC=CC2)C[C@H]1C(=O)Nc1nc(C)cs1. The summed E-state index contributed by atoms with van der Waals surface area (Å²) in [6, 6.07) is 0. The molecule has 1 saturated carbocycles. The van der Waals surface area contributed by atoms with E-state index in [0.717, 1.165) is 24.2 Å². The normalized spacial score (nSPS) is 24.6. The Kier molecular flexibility index (Phi) is 5.97. The van der Waals surface area contributed by atoms with Crippen molar-refractivity contribution in [3.05, 3.63) is 53.1 Å². The van der Waals surface area contributed by atoms with Gasteiger partial charge in [-0.2, -0.15) is 0 Å². The molecular formula is C22H26N4O3S. The number of hydrogen-bond acceptors (Lipinski definition) is 7. The third kappa shape index (κ3) is 4.29. The van der Waals surface area contributed by atoms with Crippen LogP contribution in [0.1, 0.15) is 30.1 Å². The number of carbonyl (C=O) groups is 1. The number of thiazole rings is 1. The van der Waals surface area contributed by atoms with Gasteiger partial charge in [-0.05, 0) is 32.6 Å². The number of methoxy groups -OCH3 is 1. The van der Waals surface area contributed by atoms with Crippen LogP contribution in [0.4, 0.5) is 5.13 Å². The van der Waals surface area contributed by atoms with Gasteiger partial charge in [0.2, 0.25) is 5.91 Å². The first-order valence-corrected chi connectivity index (χ1v) is 10.9. The summed E-state index contributed by atoms with van der Waals surface area (Å²) in [6.07, 6.45) is 11.8. The van der Waals surface area contributed by atoms with Crippen LogP contribution >= 0.6 is 11.3 Å². The van der Waals surface area contributed by atoms with Crippen molar-refractivity contribution in [3.8, 4) is 5.75 Å². The number of nitrogens with zero attached hydrogens (tertiary/aromatic N) is 3. The van der Waals surface area contributed by atoms with Crippen molar-refractivity contribution in [2.75, 3.05) is 19.0 Å². The van der Waals surface area contributed by atoms with E-state index in [2.05, 4.69) is 38.5 Å². The topological polar surface area (TPSA) is 86.2 Å². The molecule has 30 heavy (non-hydrogen) atoms. The first-order chi connectivity index (χ1) is 14.5. The van der Waals surface area contributed by atoms with Crippen molar-refractivity contribution in [3.63, 3.8) is 0 Å². The molecule has 0 spiro atoms. The second-order valence-electron chi connectivity index (χ2n) is 7.88. The lowest BCUT2D eigenvalue weighted by Crippen LogP contribution is -2.29. The van der Waals surface area contributed by atoms with Gasteiger partial charge in [0, 0.05) is 23.8 Å². The van der Waals surface area contributed by atoms with Crippen LogP contribution in [0.5, 0.6) is 5.75 Å². The van der Waals surface area contributed by atoms with Crippen molar-refractivity contribution in [2.45, 2.75) is 33.3 Å². The average Bonchev–Trinajstić information content (AvgIpc) is 3.35. The summed E-state index contributed by atoms with van der Waals surface area (Å²) in [5.41, 5.74) is 1.37. The highest BCUT2D eigenvalue weighted by atomic mass is 32.1. The van der Waals surface area contributed by atoms with Crippen LogP contribution in [0.25, 0.3) is 0 Å². The summed E-state index contributed by atoms with van der Waals surface area (Å²) < 4.78 is 11.5. The lowest BCUT2D eigenvalue weighted by Gasteiger charge is -2.26. The fraction of sp³-hybridized carbons (Fsp3) is 0.455. The molecule has 1 fully saturated rings. The van der Waals surface area contributed by atoms with Crippen LogP contribution in [-0.4, -0.2) is 34.6 Å². The zero-order chi connectivity index (χ0) is 21.1. The van der Waals surface area contributed by atoms with Crippen molar-refractivity contribution >= 4 is 22.4 Å². The van der Waals surface area contributed by atoms with Gasteiger partial charge in [-0.15, -0.1) is 11.3 Å². The Morgan fingerprint density at radius 2 is 2.20 bits per heavy atom. The quantitative estimate of drug-likeness (QED) is 0.690. The molecule has 2 aliphatic carbocycles. The number of rotatable bonds is 8. The summed E-state index contributed by atoms with van der Waals surface area (Å²) in [6.45, 7) is 4.53.